The van der Waals surface area contributed by atoms with Crippen molar-refractivity contribution in [1.29, 1.82) is 0 Å². The summed E-state index contributed by atoms with van der Waals surface area (Å²) in [5.41, 5.74) is 3.34. The van der Waals surface area contributed by atoms with Gasteiger partial charge in [-0.3, -0.25) is 0 Å². The third-order valence-electron chi connectivity index (χ3n) is 4.31. The summed E-state index contributed by atoms with van der Waals surface area (Å²) in [7, 11) is 1.99. The monoisotopic (exact) mass is 362 g/mol. The third-order valence-corrected chi connectivity index (χ3v) is 4.45. The van der Waals surface area contributed by atoms with Crippen LogP contribution in [0.15, 0.2) is 60.3 Å². The summed E-state index contributed by atoms with van der Waals surface area (Å²) in [5, 5.41) is 3.42. The molecule has 2 atom stereocenters. The van der Waals surface area contributed by atoms with Gasteiger partial charge in [0.15, 0.2) is 0 Å². The predicted molar refractivity (Wildman–Crippen MR) is 108 cm³/mol. The van der Waals surface area contributed by atoms with Gasteiger partial charge in [-0.05, 0) is 75.7 Å². The van der Waals surface area contributed by atoms with Crippen LogP contribution in [0.25, 0.3) is 0 Å². The molecule has 0 amide bonds. The fourth-order valence-electron chi connectivity index (χ4n) is 3.21. The molecule has 5 heteroatoms. The van der Waals surface area contributed by atoms with Gasteiger partial charge in [0, 0.05) is 17.4 Å². The standard InChI is InChI=1S/C20H28FN2OP/c1-4-6-15(3)19(5-2)23(17-11-13-22-14-12-17)16-7-9-18(10-8-16)24-20(21)25/h4-10,17,20,22H,2,11-14,25H2,1,3H3/b6-4-,19-15+. The van der Waals surface area contributed by atoms with E-state index in [4.69, 9.17) is 4.74 Å². The summed E-state index contributed by atoms with van der Waals surface area (Å²) < 4.78 is 18.1. The lowest BCUT2D eigenvalue weighted by Crippen LogP contribution is -2.42. The summed E-state index contributed by atoms with van der Waals surface area (Å²) >= 11 is 0. The number of anilines is 1. The largest absolute Gasteiger partial charge is 0.457 e. The number of ether oxygens (including phenoxy) is 1. The molecule has 1 aliphatic rings. The maximum absolute atomic E-state index is 13.0. The highest BCUT2D eigenvalue weighted by molar-refractivity contribution is 7.16. The van der Waals surface area contributed by atoms with Crippen LogP contribution in [0, 0.1) is 0 Å². The molecular weight excluding hydrogens is 334 g/mol. The summed E-state index contributed by atoms with van der Waals surface area (Å²) in [6.45, 7) is 10.2. The molecule has 2 unspecified atom stereocenters. The van der Waals surface area contributed by atoms with Crippen LogP contribution >= 0.6 is 9.24 Å². The van der Waals surface area contributed by atoms with Crippen LogP contribution < -0.4 is 15.0 Å². The zero-order valence-electron chi connectivity index (χ0n) is 15.0. The van der Waals surface area contributed by atoms with Crippen molar-refractivity contribution in [2.75, 3.05) is 18.0 Å². The molecule has 0 saturated carbocycles. The maximum atomic E-state index is 13.0. The highest BCUT2D eigenvalue weighted by Gasteiger charge is 2.24. The van der Waals surface area contributed by atoms with Crippen LogP contribution in [0.4, 0.5) is 10.1 Å². The van der Waals surface area contributed by atoms with Crippen LogP contribution in [-0.2, 0) is 0 Å². The first-order valence-electron chi connectivity index (χ1n) is 8.69. The van der Waals surface area contributed by atoms with Crippen LogP contribution in [0.5, 0.6) is 5.75 Å². The second-order valence-corrected chi connectivity index (χ2v) is 6.61. The molecule has 1 aromatic carbocycles. The van der Waals surface area contributed by atoms with Gasteiger partial charge in [0.05, 0.1) is 0 Å². The van der Waals surface area contributed by atoms with Gasteiger partial charge >= 0.3 is 0 Å². The molecular formula is C20H28FN2OP. The Morgan fingerprint density at radius 1 is 1.36 bits per heavy atom. The summed E-state index contributed by atoms with van der Waals surface area (Å²) in [5.74, 6) is 0.519. The van der Waals surface area contributed by atoms with E-state index in [2.05, 4.69) is 29.8 Å². The topological polar surface area (TPSA) is 24.5 Å². The average molecular weight is 362 g/mol. The Kier molecular flexibility index (Phi) is 7.67. The van der Waals surface area contributed by atoms with E-state index in [1.54, 1.807) is 0 Å². The van der Waals surface area contributed by atoms with Crippen molar-refractivity contribution in [2.45, 2.75) is 38.8 Å². The molecule has 0 radical (unpaired) electrons. The van der Waals surface area contributed by atoms with Gasteiger partial charge in [-0.25, -0.2) is 0 Å². The van der Waals surface area contributed by atoms with Crippen molar-refractivity contribution in [3.8, 4) is 5.75 Å². The van der Waals surface area contributed by atoms with Crippen molar-refractivity contribution in [3.05, 3.63) is 60.3 Å². The summed E-state index contributed by atoms with van der Waals surface area (Å²) in [6.07, 6.45) is 6.80. The molecule has 25 heavy (non-hydrogen) atoms. The Hall–Kier alpha value is -1.64. The minimum atomic E-state index is -1.40. The molecule has 1 saturated heterocycles. The second-order valence-electron chi connectivity index (χ2n) is 6.09. The number of hydrogen-bond acceptors (Lipinski definition) is 3. The van der Waals surface area contributed by atoms with E-state index in [9.17, 15) is 4.39 Å². The molecule has 3 nitrogen and oxygen atoms in total. The maximum Gasteiger partial charge on any atom is 0.249 e. The van der Waals surface area contributed by atoms with Crippen molar-refractivity contribution in [1.82, 2.24) is 5.32 Å². The van der Waals surface area contributed by atoms with Gasteiger partial charge in [-0.1, -0.05) is 28.0 Å². The number of hydrogen-bond donors (Lipinski definition) is 1. The van der Waals surface area contributed by atoms with Crippen LogP contribution in [0.1, 0.15) is 26.7 Å². The number of nitrogens with zero attached hydrogens (tertiary/aromatic N) is 1. The van der Waals surface area contributed by atoms with Crippen LogP contribution in [-0.4, -0.2) is 25.2 Å². The normalized spacial score (nSPS) is 17.9. The minimum Gasteiger partial charge on any atom is -0.457 e. The Morgan fingerprint density at radius 2 is 2.00 bits per heavy atom. The summed E-state index contributed by atoms with van der Waals surface area (Å²) in [6, 6.07) is 7.99. The molecule has 1 N–H and O–H groups in total. The Morgan fingerprint density at radius 3 is 2.52 bits per heavy atom. The molecule has 0 bridgehead atoms. The van der Waals surface area contributed by atoms with Gasteiger partial charge in [0.1, 0.15) is 5.75 Å². The van der Waals surface area contributed by atoms with Crippen molar-refractivity contribution in [3.63, 3.8) is 0 Å². The number of piperidine rings is 1. The van der Waals surface area contributed by atoms with Crippen molar-refractivity contribution >= 4 is 14.9 Å². The smallest absolute Gasteiger partial charge is 0.249 e. The lowest BCUT2D eigenvalue weighted by atomic mass is 10.0. The van der Waals surface area contributed by atoms with Crippen LogP contribution in [0.3, 0.4) is 0 Å². The number of halogens is 1. The molecule has 0 aliphatic carbocycles. The van der Waals surface area contributed by atoms with E-state index in [-0.39, 0.29) is 0 Å². The minimum absolute atomic E-state index is 0.400. The first-order chi connectivity index (χ1) is 12.1. The van der Waals surface area contributed by atoms with Gasteiger partial charge < -0.3 is 15.0 Å². The number of benzene rings is 1. The van der Waals surface area contributed by atoms with Crippen LogP contribution in [0.2, 0.25) is 0 Å². The van der Waals surface area contributed by atoms with E-state index < -0.39 is 6.10 Å². The van der Waals surface area contributed by atoms with E-state index in [0.29, 0.717) is 11.8 Å². The lowest BCUT2D eigenvalue weighted by molar-refractivity contribution is 0.153. The zero-order chi connectivity index (χ0) is 18.2. The lowest BCUT2D eigenvalue weighted by Gasteiger charge is -2.38. The first kappa shape index (κ1) is 19.7. The predicted octanol–water partition coefficient (Wildman–Crippen LogP) is 4.79. The molecule has 1 aliphatic heterocycles. The summed E-state index contributed by atoms with van der Waals surface area (Å²) in [4.78, 5) is 2.35. The second kappa shape index (κ2) is 9.74. The number of rotatable bonds is 7. The number of allylic oxidation sites excluding steroid dienone is 4. The highest BCUT2D eigenvalue weighted by Crippen LogP contribution is 2.30. The molecule has 1 heterocycles. The van der Waals surface area contributed by atoms with E-state index >= 15 is 0 Å². The molecule has 2 rings (SSSR count). The molecule has 136 valence electrons. The molecule has 1 fully saturated rings. The fourth-order valence-corrected chi connectivity index (χ4v) is 3.37. The SMILES string of the molecule is C=C/C(=C(C)\C=C/C)N(c1ccc(OC(F)P)cc1)C1CCNCC1. The Labute approximate surface area is 152 Å². The number of alkyl halides is 1. The van der Waals surface area contributed by atoms with Crippen molar-refractivity contribution < 1.29 is 9.13 Å². The van der Waals surface area contributed by atoms with E-state index in [1.807, 2.05) is 52.6 Å². The highest BCUT2D eigenvalue weighted by atomic mass is 31.0. The van der Waals surface area contributed by atoms with Gasteiger partial charge in [-0.2, -0.15) is 4.39 Å². The molecule has 0 aromatic heterocycles. The van der Waals surface area contributed by atoms with Gasteiger partial charge in [0.2, 0.25) is 6.10 Å². The first-order valence-corrected chi connectivity index (χ1v) is 9.35. The quantitative estimate of drug-likeness (QED) is 0.558. The van der Waals surface area contributed by atoms with E-state index in [0.717, 1.165) is 37.3 Å². The third kappa shape index (κ3) is 5.42. The van der Waals surface area contributed by atoms with Gasteiger partial charge in [0.25, 0.3) is 0 Å². The molecule has 0 spiro atoms. The Balaban J connectivity index is 2.40. The van der Waals surface area contributed by atoms with Crippen molar-refractivity contribution in [2.24, 2.45) is 0 Å². The average Bonchev–Trinajstić information content (AvgIpc) is 2.61. The van der Waals surface area contributed by atoms with Gasteiger partial charge in [-0.15, -0.1) is 0 Å². The Bertz CT molecular complexity index is 619. The zero-order valence-corrected chi connectivity index (χ0v) is 16.2. The van der Waals surface area contributed by atoms with E-state index in [1.165, 1.54) is 5.57 Å². The fraction of sp³-hybridized carbons (Fsp3) is 0.400. The molecule has 1 aromatic rings. The number of nitrogens with one attached hydrogen (secondary N) is 1.